The van der Waals surface area contributed by atoms with Gasteiger partial charge in [0.05, 0.1) is 11.9 Å². The van der Waals surface area contributed by atoms with Crippen LogP contribution in [0.3, 0.4) is 0 Å². The minimum atomic E-state index is 0.456. The van der Waals surface area contributed by atoms with Gasteiger partial charge in [-0.2, -0.15) is 0 Å². The second kappa shape index (κ2) is 4.41. The zero-order valence-electron chi connectivity index (χ0n) is 10.3. The maximum absolute atomic E-state index is 5.93. The Morgan fingerprint density at radius 3 is 2.65 bits per heavy atom. The molecule has 2 aromatic rings. The Labute approximate surface area is 101 Å². The third-order valence-electron chi connectivity index (χ3n) is 2.57. The van der Waals surface area contributed by atoms with Crippen LogP contribution >= 0.6 is 0 Å². The molecule has 0 atom stereocenters. The molecular formula is C13H16N4. The van der Waals surface area contributed by atoms with Crippen molar-refractivity contribution in [2.75, 3.05) is 0 Å². The molecule has 0 radical (unpaired) electrons. The number of aromatic nitrogens is 2. The average molecular weight is 228 g/mol. The Morgan fingerprint density at radius 1 is 1.29 bits per heavy atom. The number of H-pyrrole nitrogens is 1. The number of hydrogen-bond acceptors (Lipinski definition) is 2. The number of aliphatic imine (C=N–C) groups is 1. The van der Waals surface area contributed by atoms with Crippen LogP contribution in [0.15, 0.2) is 29.4 Å². The highest BCUT2D eigenvalue weighted by molar-refractivity contribution is 5.97. The molecule has 2 rings (SSSR count). The predicted molar refractivity (Wildman–Crippen MR) is 69.6 cm³/mol. The van der Waals surface area contributed by atoms with Crippen LogP contribution in [0, 0.1) is 20.8 Å². The number of aromatic amines is 1. The lowest BCUT2D eigenvalue weighted by atomic mass is 10.1. The minimum Gasteiger partial charge on any atom is -0.382 e. The summed E-state index contributed by atoms with van der Waals surface area (Å²) in [5.41, 5.74) is 9.90. The van der Waals surface area contributed by atoms with E-state index in [1.807, 2.05) is 26.0 Å². The van der Waals surface area contributed by atoms with Gasteiger partial charge in [0.2, 0.25) is 0 Å². The maximum atomic E-state index is 5.93. The van der Waals surface area contributed by atoms with Crippen LogP contribution in [0.2, 0.25) is 0 Å². The van der Waals surface area contributed by atoms with Gasteiger partial charge in [0.1, 0.15) is 17.4 Å². The van der Waals surface area contributed by atoms with Crippen molar-refractivity contribution in [2.45, 2.75) is 20.8 Å². The van der Waals surface area contributed by atoms with E-state index in [-0.39, 0.29) is 0 Å². The first-order valence-electron chi connectivity index (χ1n) is 5.49. The SMILES string of the molecule is Cc1ccc(N=C(N)c2cnc(C)[nH]2)c(C)c1. The summed E-state index contributed by atoms with van der Waals surface area (Å²) in [5, 5.41) is 0. The summed E-state index contributed by atoms with van der Waals surface area (Å²) in [6.07, 6.45) is 1.69. The molecule has 0 amide bonds. The van der Waals surface area contributed by atoms with E-state index in [0.717, 1.165) is 22.8 Å². The van der Waals surface area contributed by atoms with Gasteiger partial charge in [-0.05, 0) is 32.4 Å². The fraction of sp³-hybridized carbons (Fsp3) is 0.231. The lowest BCUT2D eigenvalue weighted by Gasteiger charge is -2.03. The summed E-state index contributed by atoms with van der Waals surface area (Å²) in [5.74, 6) is 1.29. The molecule has 0 unspecified atom stereocenters. The minimum absolute atomic E-state index is 0.456. The van der Waals surface area contributed by atoms with Gasteiger partial charge in [-0.1, -0.05) is 17.7 Å². The number of nitrogens with one attached hydrogen (secondary N) is 1. The number of imidazole rings is 1. The predicted octanol–water partition coefficient (Wildman–Crippen LogP) is 2.37. The molecule has 0 aliphatic carbocycles. The van der Waals surface area contributed by atoms with Crippen molar-refractivity contribution in [1.29, 1.82) is 0 Å². The van der Waals surface area contributed by atoms with E-state index in [9.17, 15) is 0 Å². The molecule has 1 aromatic heterocycles. The maximum Gasteiger partial charge on any atom is 0.149 e. The normalized spacial score (nSPS) is 11.8. The molecule has 88 valence electrons. The summed E-state index contributed by atoms with van der Waals surface area (Å²) in [6, 6.07) is 6.09. The Kier molecular flexibility index (Phi) is 2.95. The number of benzene rings is 1. The molecule has 0 spiro atoms. The van der Waals surface area contributed by atoms with Gasteiger partial charge >= 0.3 is 0 Å². The molecule has 0 aliphatic rings. The number of aryl methyl sites for hydroxylation is 3. The van der Waals surface area contributed by atoms with Crippen molar-refractivity contribution in [3.8, 4) is 0 Å². The number of amidine groups is 1. The third-order valence-corrected chi connectivity index (χ3v) is 2.57. The summed E-state index contributed by atoms with van der Waals surface area (Å²) in [4.78, 5) is 11.6. The first-order valence-corrected chi connectivity index (χ1v) is 5.49. The van der Waals surface area contributed by atoms with Gasteiger partial charge in [-0.3, -0.25) is 0 Å². The Hall–Kier alpha value is -2.10. The monoisotopic (exact) mass is 228 g/mol. The summed E-state index contributed by atoms with van der Waals surface area (Å²) in [7, 11) is 0. The number of nitrogens with two attached hydrogens (primary N) is 1. The first-order chi connectivity index (χ1) is 8.06. The number of rotatable bonds is 2. The molecule has 4 nitrogen and oxygen atoms in total. The van der Waals surface area contributed by atoms with Gasteiger partial charge in [0, 0.05) is 0 Å². The fourth-order valence-corrected chi connectivity index (χ4v) is 1.67. The highest BCUT2D eigenvalue weighted by atomic mass is 15.0. The van der Waals surface area contributed by atoms with E-state index in [0.29, 0.717) is 5.84 Å². The van der Waals surface area contributed by atoms with Crippen LogP contribution in [-0.2, 0) is 0 Å². The quantitative estimate of drug-likeness (QED) is 0.612. The van der Waals surface area contributed by atoms with Crippen molar-refractivity contribution in [1.82, 2.24) is 9.97 Å². The topological polar surface area (TPSA) is 67.1 Å². The second-order valence-corrected chi connectivity index (χ2v) is 4.17. The molecule has 0 saturated carbocycles. The third kappa shape index (κ3) is 2.53. The molecule has 0 saturated heterocycles. The molecule has 0 fully saturated rings. The standard InChI is InChI=1S/C13H16N4/c1-8-4-5-11(9(2)6-8)17-13(14)12-7-15-10(3)16-12/h4-7H,1-3H3,(H2,14,17)(H,15,16). The van der Waals surface area contributed by atoms with Gasteiger partial charge in [-0.15, -0.1) is 0 Å². The van der Waals surface area contributed by atoms with Gasteiger partial charge < -0.3 is 10.7 Å². The van der Waals surface area contributed by atoms with Crippen LogP contribution in [0.1, 0.15) is 22.6 Å². The highest BCUT2D eigenvalue weighted by Gasteiger charge is 2.03. The Balaban J connectivity index is 2.35. The van der Waals surface area contributed by atoms with E-state index in [1.165, 1.54) is 5.56 Å². The fourth-order valence-electron chi connectivity index (χ4n) is 1.67. The lowest BCUT2D eigenvalue weighted by molar-refractivity contribution is 1.14. The molecule has 1 heterocycles. The zero-order valence-corrected chi connectivity index (χ0v) is 10.3. The molecule has 17 heavy (non-hydrogen) atoms. The Morgan fingerprint density at radius 2 is 2.06 bits per heavy atom. The molecule has 3 N–H and O–H groups in total. The van der Waals surface area contributed by atoms with Crippen molar-refractivity contribution >= 4 is 11.5 Å². The number of hydrogen-bond donors (Lipinski definition) is 2. The average Bonchev–Trinajstić information content (AvgIpc) is 2.69. The van der Waals surface area contributed by atoms with Crippen LogP contribution in [-0.4, -0.2) is 15.8 Å². The zero-order chi connectivity index (χ0) is 12.4. The summed E-state index contributed by atoms with van der Waals surface area (Å²) >= 11 is 0. The van der Waals surface area contributed by atoms with Crippen molar-refractivity contribution < 1.29 is 0 Å². The highest BCUT2D eigenvalue weighted by Crippen LogP contribution is 2.19. The van der Waals surface area contributed by atoms with Gasteiger partial charge in [0.25, 0.3) is 0 Å². The molecule has 0 aliphatic heterocycles. The Bertz CT molecular complexity index is 567. The van der Waals surface area contributed by atoms with Crippen LogP contribution in [0.25, 0.3) is 0 Å². The molecule has 1 aromatic carbocycles. The molecule has 0 bridgehead atoms. The van der Waals surface area contributed by atoms with Crippen LogP contribution in [0.4, 0.5) is 5.69 Å². The van der Waals surface area contributed by atoms with Crippen LogP contribution in [0.5, 0.6) is 0 Å². The van der Waals surface area contributed by atoms with Crippen LogP contribution < -0.4 is 5.73 Å². The largest absolute Gasteiger partial charge is 0.382 e. The van der Waals surface area contributed by atoms with E-state index >= 15 is 0 Å². The van der Waals surface area contributed by atoms with Crippen molar-refractivity contribution in [3.05, 3.63) is 47.0 Å². The smallest absolute Gasteiger partial charge is 0.149 e. The lowest BCUT2D eigenvalue weighted by Crippen LogP contribution is -2.13. The van der Waals surface area contributed by atoms with Gasteiger partial charge in [0.15, 0.2) is 0 Å². The van der Waals surface area contributed by atoms with Crippen molar-refractivity contribution in [2.24, 2.45) is 10.7 Å². The molecule has 4 heteroatoms. The number of nitrogens with zero attached hydrogens (tertiary/aromatic N) is 2. The van der Waals surface area contributed by atoms with Crippen molar-refractivity contribution in [3.63, 3.8) is 0 Å². The van der Waals surface area contributed by atoms with E-state index in [1.54, 1.807) is 6.20 Å². The van der Waals surface area contributed by atoms with E-state index < -0.39 is 0 Å². The molecular weight excluding hydrogens is 212 g/mol. The summed E-state index contributed by atoms with van der Waals surface area (Å²) < 4.78 is 0. The summed E-state index contributed by atoms with van der Waals surface area (Å²) in [6.45, 7) is 5.97. The second-order valence-electron chi connectivity index (χ2n) is 4.17. The van der Waals surface area contributed by atoms with E-state index in [2.05, 4.69) is 28.0 Å². The van der Waals surface area contributed by atoms with E-state index in [4.69, 9.17) is 5.73 Å². The first kappa shape index (κ1) is 11.4. The van der Waals surface area contributed by atoms with Gasteiger partial charge in [-0.25, -0.2) is 9.98 Å².